The quantitative estimate of drug-likeness (QED) is 0.697. The third kappa shape index (κ3) is 1.81. The molecule has 0 saturated heterocycles. The van der Waals surface area contributed by atoms with Gasteiger partial charge in [0.1, 0.15) is 5.69 Å². The Balaban J connectivity index is 2.48. The van der Waals surface area contributed by atoms with E-state index in [-0.39, 0.29) is 5.78 Å². The van der Waals surface area contributed by atoms with E-state index in [1.807, 2.05) is 36.4 Å². The van der Waals surface area contributed by atoms with Gasteiger partial charge in [0.25, 0.3) is 0 Å². The maximum Gasteiger partial charge on any atom is 0.177 e. The molecule has 0 bridgehead atoms. The molecule has 0 unspecified atom stereocenters. The standard InChI is InChI=1S/C12H12N2O/c1-9(15)12-8-11(13-14(12)2)10-6-4-3-5-7-10/h3-8H,1-2H3. The van der Waals surface area contributed by atoms with Crippen LogP contribution < -0.4 is 0 Å². The van der Waals surface area contributed by atoms with Gasteiger partial charge in [-0.25, -0.2) is 0 Å². The molecule has 76 valence electrons. The van der Waals surface area contributed by atoms with Crippen LogP contribution in [0.1, 0.15) is 17.4 Å². The molecular weight excluding hydrogens is 188 g/mol. The number of hydrogen-bond donors (Lipinski definition) is 0. The second kappa shape index (κ2) is 3.69. The lowest BCUT2D eigenvalue weighted by Gasteiger charge is -1.93. The van der Waals surface area contributed by atoms with Crippen LogP contribution in [0.25, 0.3) is 11.3 Å². The summed E-state index contributed by atoms with van der Waals surface area (Å²) in [5.74, 6) is 0.0344. The maximum absolute atomic E-state index is 11.3. The Hall–Kier alpha value is -1.90. The van der Waals surface area contributed by atoms with E-state index < -0.39 is 0 Å². The van der Waals surface area contributed by atoms with E-state index in [9.17, 15) is 4.79 Å². The van der Waals surface area contributed by atoms with Crippen LogP contribution in [0.3, 0.4) is 0 Å². The molecule has 0 atom stereocenters. The Kier molecular flexibility index (Phi) is 2.37. The molecule has 2 aromatic rings. The van der Waals surface area contributed by atoms with Gasteiger partial charge < -0.3 is 0 Å². The topological polar surface area (TPSA) is 34.9 Å². The number of aryl methyl sites for hydroxylation is 1. The summed E-state index contributed by atoms with van der Waals surface area (Å²) in [5.41, 5.74) is 2.50. The number of rotatable bonds is 2. The van der Waals surface area contributed by atoms with Crippen molar-refractivity contribution in [1.29, 1.82) is 0 Å². The van der Waals surface area contributed by atoms with Gasteiger partial charge in [0.2, 0.25) is 0 Å². The summed E-state index contributed by atoms with van der Waals surface area (Å²) in [7, 11) is 1.78. The Morgan fingerprint density at radius 1 is 1.27 bits per heavy atom. The fourth-order valence-corrected chi connectivity index (χ4v) is 1.55. The van der Waals surface area contributed by atoms with E-state index in [1.54, 1.807) is 18.7 Å². The van der Waals surface area contributed by atoms with Crippen molar-refractivity contribution in [3.05, 3.63) is 42.1 Å². The second-order valence-corrected chi connectivity index (χ2v) is 3.46. The molecule has 2 rings (SSSR count). The van der Waals surface area contributed by atoms with Crippen molar-refractivity contribution >= 4 is 5.78 Å². The maximum atomic E-state index is 11.3. The molecule has 0 fully saturated rings. The summed E-state index contributed by atoms with van der Waals surface area (Å²) < 4.78 is 1.62. The first-order valence-corrected chi connectivity index (χ1v) is 4.79. The van der Waals surface area contributed by atoms with Crippen molar-refractivity contribution in [2.45, 2.75) is 6.92 Å². The van der Waals surface area contributed by atoms with Gasteiger partial charge in [-0.2, -0.15) is 5.10 Å². The zero-order chi connectivity index (χ0) is 10.8. The third-order valence-corrected chi connectivity index (χ3v) is 2.31. The van der Waals surface area contributed by atoms with Crippen LogP contribution in [0.5, 0.6) is 0 Å². The van der Waals surface area contributed by atoms with Gasteiger partial charge in [-0.1, -0.05) is 30.3 Å². The molecular formula is C12H12N2O. The Bertz CT molecular complexity index is 486. The van der Waals surface area contributed by atoms with Crippen LogP contribution in [0.4, 0.5) is 0 Å². The monoisotopic (exact) mass is 200 g/mol. The minimum Gasteiger partial charge on any atom is -0.293 e. The summed E-state index contributed by atoms with van der Waals surface area (Å²) in [6, 6.07) is 11.6. The lowest BCUT2D eigenvalue weighted by Crippen LogP contribution is -2.02. The Morgan fingerprint density at radius 2 is 1.93 bits per heavy atom. The molecule has 1 aromatic carbocycles. The highest BCUT2D eigenvalue weighted by Gasteiger charge is 2.09. The number of benzene rings is 1. The molecule has 1 heterocycles. The lowest BCUT2D eigenvalue weighted by atomic mass is 10.1. The van der Waals surface area contributed by atoms with Gasteiger partial charge in [-0.15, -0.1) is 0 Å². The molecule has 0 aliphatic heterocycles. The number of ketones is 1. The summed E-state index contributed by atoms with van der Waals surface area (Å²) in [6.45, 7) is 1.55. The van der Waals surface area contributed by atoms with Gasteiger partial charge in [0, 0.05) is 19.5 Å². The number of hydrogen-bond acceptors (Lipinski definition) is 2. The molecule has 0 aliphatic rings. The van der Waals surface area contributed by atoms with Crippen molar-refractivity contribution in [3.8, 4) is 11.3 Å². The first kappa shape index (κ1) is 9.65. The molecule has 1 aromatic heterocycles. The molecule has 3 nitrogen and oxygen atoms in total. The number of carbonyl (C=O) groups excluding carboxylic acids is 1. The molecule has 0 radical (unpaired) electrons. The molecule has 3 heteroatoms. The van der Waals surface area contributed by atoms with Crippen molar-refractivity contribution in [2.24, 2.45) is 7.05 Å². The SMILES string of the molecule is CC(=O)c1cc(-c2ccccc2)nn1C. The summed E-state index contributed by atoms with van der Waals surface area (Å²) in [5, 5.41) is 4.30. The zero-order valence-electron chi connectivity index (χ0n) is 8.77. The first-order chi connectivity index (χ1) is 7.18. The fraction of sp³-hybridized carbons (Fsp3) is 0.167. The highest BCUT2D eigenvalue weighted by Crippen LogP contribution is 2.18. The fourth-order valence-electron chi connectivity index (χ4n) is 1.55. The number of aromatic nitrogens is 2. The van der Waals surface area contributed by atoms with Crippen LogP contribution in [0.2, 0.25) is 0 Å². The minimum absolute atomic E-state index is 0.0344. The average molecular weight is 200 g/mol. The van der Waals surface area contributed by atoms with E-state index >= 15 is 0 Å². The molecule has 0 spiro atoms. The predicted molar refractivity (Wildman–Crippen MR) is 58.6 cm³/mol. The van der Waals surface area contributed by atoms with Gasteiger partial charge >= 0.3 is 0 Å². The molecule has 0 amide bonds. The predicted octanol–water partition coefficient (Wildman–Crippen LogP) is 2.29. The molecule has 15 heavy (non-hydrogen) atoms. The largest absolute Gasteiger partial charge is 0.293 e. The van der Waals surface area contributed by atoms with Crippen molar-refractivity contribution in [2.75, 3.05) is 0 Å². The summed E-state index contributed by atoms with van der Waals surface area (Å²) in [6.07, 6.45) is 0. The molecule has 0 N–H and O–H groups in total. The van der Waals surface area contributed by atoms with E-state index in [1.165, 1.54) is 0 Å². The highest BCUT2D eigenvalue weighted by atomic mass is 16.1. The van der Waals surface area contributed by atoms with Crippen LogP contribution in [-0.2, 0) is 7.05 Å². The van der Waals surface area contributed by atoms with E-state index in [2.05, 4.69) is 5.10 Å². The van der Waals surface area contributed by atoms with Crippen LogP contribution in [0, 0.1) is 0 Å². The second-order valence-electron chi connectivity index (χ2n) is 3.46. The van der Waals surface area contributed by atoms with E-state index in [0.717, 1.165) is 11.3 Å². The zero-order valence-corrected chi connectivity index (χ0v) is 8.77. The third-order valence-electron chi connectivity index (χ3n) is 2.31. The lowest BCUT2D eigenvalue weighted by molar-refractivity contribution is 0.100. The van der Waals surface area contributed by atoms with Crippen molar-refractivity contribution < 1.29 is 4.79 Å². The van der Waals surface area contributed by atoms with Crippen LogP contribution in [-0.4, -0.2) is 15.6 Å². The van der Waals surface area contributed by atoms with Crippen LogP contribution in [0.15, 0.2) is 36.4 Å². The number of carbonyl (C=O) groups is 1. The van der Waals surface area contributed by atoms with Gasteiger partial charge in [-0.3, -0.25) is 9.48 Å². The Morgan fingerprint density at radius 3 is 2.47 bits per heavy atom. The normalized spacial score (nSPS) is 10.3. The van der Waals surface area contributed by atoms with Gasteiger partial charge in [-0.05, 0) is 6.07 Å². The smallest absolute Gasteiger partial charge is 0.177 e. The van der Waals surface area contributed by atoms with Crippen molar-refractivity contribution in [1.82, 2.24) is 9.78 Å². The Labute approximate surface area is 88.4 Å². The van der Waals surface area contributed by atoms with Gasteiger partial charge in [0.15, 0.2) is 5.78 Å². The first-order valence-electron chi connectivity index (χ1n) is 4.79. The average Bonchev–Trinajstić information content (AvgIpc) is 2.62. The molecule has 0 aliphatic carbocycles. The van der Waals surface area contributed by atoms with E-state index in [0.29, 0.717) is 5.69 Å². The van der Waals surface area contributed by atoms with Crippen LogP contribution >= 0.6 is 0 Å². The number of Topliss-reactive ketones (excluding diaryl/α,β-unsaturated/α-hetero) is 1. The number of nitrogens with zero attached hydrogens (tertiary/aromatic N) is 2. The molecule has 0 saturated carbocycles. The van der Waals surface area contributed by atoms with Gasteiger partial charge in [0.05, 0.1) is 5.69 Å². The summed E-state index contributed by atoms with van der Waals surface area (Å²) in [4.78, 5) is 11.3. The minimum atomic E-state index is 0.0344. The highest BCUT2D eigenvalue weighted by molar-refractivity contribution is 5.93. The van der Waals surface area contributed by atoms with E-state index in [4.69, 9.17) is 0 Å². The van der Waals surface area contributed by atoms with Crippen molar-refractivity contribution in [3.63, 3.8) is 0 Å². The summed E-state index contributed by atoms with van der Waals surface area (Å²) >= 11 is 0.